The summed E-state index contributed by atoms with van der Waals surface area (Å²) in [5, 5.41) is 8.43. The number of anilines is 2. The Hall–Kier alpha value is -2.18. The van der Waals surface area contributed by atoms with Gasteiger partial charge in [-0.1, -0.05) is 46.3 Å². The SMILES string of the molecule is CN(C)c1nc(N[C@H]2CC[C@@H](NCCc3ccccc3Br)CC2)nc2ccccc12. The summed E-state index contributed by atoms with van der Waals surface area (Å²) in [6.07, 6.45) is 5.70. The fourth-order valence-corrected chi connectivity index (χ4v) is 4.68. The summed E-state index contributed by atoms with van der Waals surface area (Å²) in [4.78, 5) is 11.6. The normalized spacial score (nSPS) is 19.0. The molecule has 0 atom stereocenters. The number of hydrogen-bond acceptors (Lipinski definition) is 5. The van der Waals surface area contributed by atoms with Crippen LogP contribution in [0.5, 0.6) is 0 Å². The Bertz CT molecular complexity index is 982. The van der Waals surface area contributed by atoms with Crippen LogP contribution in [0.1, 0.15) is 31.2 Å². The number of nitrogens with one attached hydrogen (secondary N) is 2. The van der Waals surface area contributed by atoms with Crippen molar-refractivity contribution in [1.29, 1.82) is 0 Å². The second-order valence-electron chi connectivity index (χ2n) is 8.27. The molecule has 2 N–H and O–H groups in total. The predicted octanol–water partition coefficient (Wildman–Crippen LogP) is 5.01. The third kappa shape index (κ3) is 5.10. The lowest BCUT2D eigenvalue weighted by atomic mass is 9.91. The molecule has 0 radical (unpaired) electrons. The van der Waals surface area contributed by atoms with Gasteiger partial charge in [0.1, 0.15) is 5.82 Å². The molecule has 0 unspecified atom stereocenters. The van der Waals surface area contributed by atoms with Gasteiger partial charge in [0.05, 0.1) is 5.52 Å². The van der Waals surface area contributed by atoms with Crippen LogP contribution >= 0.6 is 15.9 Å². The van der Waals surface area contributed by atoms with Crippen molar-refractivity contribution in [3.63, 3.8) is 0 Å². The number of nitrogens with zero attached hydrogens (tertiary/aromatic N) is 3. The van der Waals surface area contributed by atoms with Gasteiger partial charge in [0.25, 0.3) is 0 Å². The molecule has 0 aliphatic heterocycles. The first-order valence-corrected chi connectivity index (χ1v) is 11.6. The van der Waals surface area contributed by atoms with Gasteiger partial charge < -0.3 is 15.5 Å². The molecule has 3 aromatic rings. The lowest BCUT2D eigenvalue weighted by Gasteiger charge is -2.30. The maximum absolute atomic E-state index is 4.79. The largest absolute Gasteiger partial charge is 0.362 e. The molecule has 2 aromatic carbocycles. The molecule has 1 fully saturated rings. The Morgan fingerprint density at radius 2 is 1.63 bits per heavy atom. The van der Waals surface area contributed by atoms with Gasteiger partial charge in [0, 0.05) is 36.0 Å². The predicted molar refractivity (Wildman–Crippen MR) is 129 cm³/mol. The van der Waals surface area contributed by atoms with Crippen LogP contribution < -0.4 is 15.5 Å². The maximum Gasteiger partial charge on any atom is 0.225 e. The zero-order valence-corrected chi connectivity index (χ0v) is 19.3. The summed E-state index contributed by atoms with van der Waals surface area (Å²) in [5.74, 6) is 1.70. The standard InChI is InChI=1S/C24H30BrN5/c1-30(2)23-20-8-4-6-10-22(20)28-24(29-23)27-19-13-11-18(12-14-19)26-16-15-17-7-3-5-9-21(17)25/h3-10,18-19,26H,11-16H2,1-2H3,(H,27,28,29)/t18-,19+. The van der Waals surface area contributed by atoms with Gasteiger partial charge in [-0.3, -0.25) is 0 Å². The molecule has 1 aromatic heterocycles. The fraction of sp³-hybridized carbons (Fsp3) is 0.417. The Labute approximate surface area is 187 Å². The molecule has 1 saturated carbocycles. The minimum absolute atomic E-state index is 0.433. The van der Waals surface area contributed by atoms with E-state index in [1.165, 1.54) is 22.9 Å². The lowest BCUT2D eigenvalue weighted by molar-refractivity contribution is 0.355. The molecule has 1 aliphatic carbocycles. The summed E-state index contributed by atoms with van der Waals surface area (Å²) in [7, 11) is 4.06. The molecule has 4 rings (SSSR count). The van der Waals surface area contributed by atoms with Crippen LogP contribution in [-0.4, -0.2) is 42.7 Å². The van der Waals surface area contributed by atoms with Gasteiger partial charge in [0.15, 0.2) is 0 Å². The van der Waals surface area contributed by atoms with E-state index in [0.29, 0.717) is 12.1 Å². The van der Waals surface area contributed by atoms with Crippen LogP contribution in [0.3, 0.4) is 0 Å². The van der Waals surface area contributed by atoms with E-state index in [1.807, 2.05) is 26.2 Å². The van der Waals surface area contributed by atoms with E-state index in [2.05, 4.69) is 67.9 Å². The van der Waals surface area contributed by atoms with E-state index in [4.69, 9.17) is 9.97 Å². The summed E-state index contributed by atoms with van der Waals surface area (Å²) >= 11 is 3.64. The van der Waals surface area contributed by atoms with Crippen LogP contribution in [0.4, 0.5) is 11.8 Å². The van der Waals surface area contributed by atoms with Gasteiger partial charge in [-0.15, -0.1) is 0 Å². The molecule has 1 aliphatic rings. The molecule has 158 valence electrons. The third-order valence-electron chi connectivity index (χ3n) is 5.85. The van der Waals surface area contributed by atoms with Crippen molar-refractivity contribution in [2.45, 2.75) is 44.2 Å². The minimum atomic E-state index is 0.433. The summed E-state index contributed by atoms with van der Waals surface area (Å²) in [6, 6.07) is 17.7. The number of halogens is 1. The molecule has 5 nitrogen and oxygen atoms in total. The van der Waals surface area contributed by atoms with Crippen molar-refractivity contribution in [3.8, 4) is 0 Å². The van der Waals surface area contributed by atoms with Gasteiger partial charge in [-0.2, -0.15) is 4.98 Å². The molecule has 1 heterocycles. The molecule has 0 bridgehead atoms. The van der Waals surface area contributed by atoms with E-state index in [0.717, 1.165) is 48.5 Å². The Morgan fingerprint density at radius 3 is 2.40 bits per heavy atom. The van der Waals surface area contributed by atoms with Crippen molar-refractivity contribution >= 4 is 38.6 Å². The monoisotopic (exact) mass is 467 g/mol. The van der Waals surface area contributed by atoms with Crippen LogP contribution in [-0.2, 0) is 6.42 Å². The fourth-order valence-electron chi connectivity index (χ4n) is 4.20. The van der Waals surface area contributed by atoms with E-state index in [1.54, 1.807) is 0 Å². The summed E-state index contributed by atoms with van der Waals surface area (Å²) in [6.45, 7) is 1.02. The second-order valence-corrected chi connectivity index (χ2v) is 9.13. The summed E-state index contributed by atoms with van der Waals surface area (Å²) in [5.41, 5.74) is 2.35. The van der Waals surface area contributed by atoms with Crippen LogP contribution in [0.2, 0.25) is 0 Å². The highest BCUT2D eigenvalue weighted by molar-refractivity contribution is 9.10. The number of para-hydroxylation sites is 1. The van der Waals surface area contributed by atoms with E-state index >= 15 is 0 Å². The first kappa shape index (κ1) is 21.1. The third-order valence-corrected chi connectivity index (χ3v) is 6.63. The average molecular weight is 468 g/mol. The molecule has 0 saturated heterocycles. The molecule has 30 heavy (non-hydrogen) atoms. The Kier molecular flexibility index (Phi) is 6.85. The highest BCUT2D eigenvalue weighted by Crippen LogP contribution is 2.26. The van der Waals surface area contributed by atoms with Gasteiger partial charge in [0.2, 0.25) is 5.95 Å². The second kappa shape index (κ2) is 9.75. The quantitative estimate of drug-likeness (QED) is 0.511. The smallest absolute Gasteiger partial charge is 0.225 e. The van der Waals surface area contributed by atoms with Crippen LogP contribution in [0.15, 0.2) is 53.0 Å². The lowest BCUT2D eigenvalue weighted by Crippen LogP contribution is -2.38. The number of rotatable bonds is 7. The highest BCUT2D eigenvalue weighted by atomic mass is 79.9. The maximum atomic E-state index is 4.79. The van der Waals surface area contributed by atoms with Gasteiger partial charge >= 0.3 is 0 Å². The Morgan fingerprint density at radius 1 is 0.933 bits per heavy atom. The zero-order chi connectivity index (χ0) is 20.9. The van der Waals surface area contributed by atoms with E-state index in [9.17, 15) is 0 Å². The van der Waals surface area contributed by atoms with Crippen molar-refractivity contribution in [3.05, 3.63) is 58.6 Å². The zero-order valence-electron chi connectivity index (χ0n) is 17.7. The Balaban J connectivity index is 1.30. The minimum Gasteiger partial charge on any atom is -0.362 e. The van der Waals surface area contributed by atoms with Gasteiger partial charge in [-0.05, 0) is 62.4 Å². The molecule has 6 heteroatoms. The van der Waals surface area contributed by atoms with Gasteiger partial charge in [-0.25, -0.2) is 4.98 Å². The molecule has 0 amide bonds. The first-order valence-electron chi connectivity index (χ1n) is 10.8. The highest BCUT2D eigenvalue weighted by Gasteiger charge is 2.22. The van der Waals surface area contributed by atoms with E-state index < -0.39 is 0 Å². The summed E-state index contributed by atoms with van der Waals surface area (Å²) < 4.78 is 1.20. The molecule has 0 spiro atoms. The van der Waals surface area contributed by atoms with Crippen LogP contribution in [0.25, 0.3) is 10.9 Å². The first-order chi connectivity index (χ1) is 14.6. The molecular weight excluding hydrogens is 438 g/mol. The van der Waals surface area contributed by atoms with Crippen molar-refractivity contribution < 1.29 is 0 Å². The average Bonchev–Trinajstić information content (AvgIpc) is 2.75. The number of fused-ring (bicyclic) bond motifs is 1. The number of benzene rings is 2. The van der Waals surface area contributed by atoms with Crippen LogP contribution in [0, 0.1) is 0 Å². The topological polar surface area (TPSA) is 53.1 Å². The van der Waals surface area contributed by atoms with E-state index in [-0.39, 0.29) is 0 Å². The molecular formula is C24H30BrN5. The van der Waals surface area contributed by atoms with Crippen molar-refractivity contribution in [1.82, 2.24) is 15.3 Å². The van der Waals surface area contributed by atoms with Crippen molar-refractivity contribution in [2.75, 3.05) is 30.9 Å². The number of aromatic nitrogens is 2. The van der Waals surface area contributed by atoms with Crippen molar-refractivity contribution in [2.24, 2.45) is 0 Å². The number of hydrogen-bond donors (Lipinski definition) is 2.